The number of carbonyl (C=O) groups excluding carboxylic acids is 3. The number of carbonyl (C=O) groups is 3. The van der Waals surface area contributed by atoms with E-state index in [0.29, 0.717) is 12.8 Å². The Morgan fingerprint density at radius 2 is 1.78 bits per heavy atom. The van der Waals surface area contributed by atoms with Gasteiger partial charge < -0.3 is 21.1 Å². The fourth-order valence-electron chi connectivity index (χ4n) is 4.27. The number of benzene rings is 2. The fraction of sp³-hybridized carbons (Fsp3) is 0.458. The molecule has 4 N–H and O–H groups in total. The van der Waals surface area contributed by atoms with E-state index in [2.05, 4.69) is 5.32 Å². The second-order valence-electron chi connectivity index (χ2n) is 8.26. The van der Waals surface area contributed by atoms with Crippen molar-refractivity contribution >= 4 is 40.9 Å². The molecular weight excluding hydrogens is 430 g/mol. The number of nitrogens with two attached hydrogens (primary N) is 1. The number of amides is 3. The number of aliphatic hydroxyl groups is 1. The van der Waals surface area contributed by atoms with E-state index < -0.39 is 30.0 Å². The van der Waals surface area contributed by atoms with Gasteiger partial charge in [0.2, 0.25) is 17.7 Å². The van der Waals surface area contributed by atoms with Gasteiger partial charge in [0.05, 0.1) is 6.10 Å². The number of primary amides is 1. The van der Waals surface area contributed by atoms with Gasteiger partial charge in [-0.3, -0.25) is 14.4 Å². The summed E-state index contributed by atoms with van der Waals surface area (Å²) in [6.07, 6.45) is 0.979. The Hall–Kier alpha value is -2.64. The predicted molar refractivity (Wildman–Crippen MR) is 126 cm³/mol. The SMILES string of the molecule is CCC(CC)C(=O)N1C[C@H](O)C[C@H]1C(=O)NC(Cc1ccc2ccccc2c1)C(N)=O.Cl. The summed E-state index contributed by atoms with van der Waals surface area (Å²) >= 11 is 0. The maximum Gasteiger partial charge on any atom is 0.243 e. The zero-order valence-corrected chi connectivity index (χ0v) is 19.3. The van der Waals surface area contributed by atoms with Gasteiger partial charge in [-0.15, -0.1) is 12.4 Å². The summed E-state index contributed by atoms with van der Waals surface area (Å²) in [4.78, 5) is 39.4. The highest BCUT2D eigenvalue weighted by molar-refractivity contribution is 5.93. The van der Waals surface area contributed by atoms with Crippen LogP contribution in [0.15, 0.2) is 42.5 Å². The molecule has 7 nitrogen and oxygen atoms in total. The van der Waals surface area contributed by atoms with E-state index in [4.69, 9.17) is 5.73 Å². The van der Waals surface area contributed by atoms with Gasteiger partial charge in [-0.05, 0) is 29.2 Å². The summed E-state index contributed by atoms with van der Waals surface area (Å²) in [5, 5.41) is 14.9. The molecule has 1 aliphatic rings. The molecule has 1 unspecified atom stereocenters. The van der Waals surface area contributed by atoms with Crippen LogP contribution in [0.2, 0.25) is 0 Å². The first-order chi connectivity index (χ1) is 14.8. The molecule has 3 rings (SSSR count). The van der Waals surface area contributed by atoms with Crippen molar-refractivity contribution in [3.05, 3.63) is 48.0 Å². The van der Waals surface area contributed by atoms with Gasteiger partial charge in [0.1, 0.15) is 12.1 Å². The van der Waals surface area contributed by atoms with E-state index in [-0.39, 0.29) is 43.6 Å². The molecule has 1 fully saturated rings. The van der Waals surface area contributed by atoms with Gasteiger partial charge in [0, 0.05) is 25.3 Å². The van der Waals surface area contributed by atoms with Crippen molar-refractivity contribution < 1.29 is 19.5 Å². The first kappa shape index (κ1) is 25.6. The van der Waals surface area contributed by atoms with Crippen molar-refractivity contribution in [3.63, 3.8) is 0 Å². The van der Waals surface area contributed by atoms with Crippen molar-refractivity contribution in [1.82, 2.24) is 10.2 Å². The van der Waals surface area contributed by atoms with Gasteiger partial charge in [-0.2, -0.15) is 0 Å². The minimum absolute atomic E-state index is 0. The lowest BCUT2D eigenvalue weighted by Gasteiger charge is -2.28. The second kappa shape index (κ2) is 11.3. The molecule has 0 aliphatic carbocycles. The third-order valence-electron chi connectivity index (χ3n) is 6.11. The Labute approximate surface area is 194 Å². The Morgan fingerprint density at radius 3 is 2.41 bits per heavy atom. The first-order valence-corrected chi connectivity index (χ1v) is 10.9. The molecular formula is C24H32ClN3O4. The summed E-state index contributed by atoms with van der Waals surface area (Å²) in [6.45, 7) is 3.99. The number of hydrogen-bond acceptors (Lipinski definition) is 4. The molecule has 32 heavy (non-hydrogen) atoms. The molecule has 1 saturated heterocycles. The third-order valence-corrected chi connectivity index (χ3v) is 6.11. The fourth-order valence-corrected chi connectivity index (χ4v) is 4.27. The van der Waals surface area contributed by atoms with Crippen LogP contribution in [-0.4, -0.2) is 52.5 Å². The maximum absolute atomic E-state index is 13.0. The van der Waals surface area contributed by atoms with Crippen LogP contribution in [-0.2, 0) is 20.8 Å². The molecule has 2 aromatic rings. The van der Waals surface area contributed by atoms with Crippen LogP contribution in [0.5, 0.6) is 0 Å². The standard InChI is InChI=1S/C24H31N3O4.ClH/c1-3-16(4-2)24(31)27-14-19(28)13-21(27)23(30)26-20(22(25)29)12-15-9-10-17-7-5-6-8-18(17)11-15;/h5-11,16,19-21,28H,3-4,12-14H2,1-2H3,(H2,25,29)(H,26,30);1H/t19-,20?,21+;/m1./s1. The minimum Gasteiger partial charge on any atom is -0.391 e. The van der Waals surface area contributed by atoms with Crippen molar-refractivity contribution in [1.29, 1.82) is 0 Å². The summed E-state index contributed by atoms with van der Waals surface area (Å²) < 4.78 is 0. The molecule has 0 spiro atoms. The zero-order valence-electron chi connectivity index (χ0n) is 18.5. The Morgan fingerprint density at radius 1 is 1.12 bits per heavy atom. The number of nitrogens with one attached hydrogen (secondary N) is 1. The molecule has 1 aliphatic heterocycles. The van der Waals surface area contributed by atoms with Gasteiger partial charge >= 0.3 is 0 Å². The smallest absolute Gasteiger partial charge is 0.243 e. The molecule has 174 valence electrons. The van der Waals surface area contributed by atoms with Gasteiger partial charge in [0.25, 0.3) is 0 Å². The monoisotopic (exact) mass is 461 g/mol. The van der Waals surface area contributed by atoms with E-state index in [1.165, 1.54) is 4.90 Å². The van der Waals surface area contributed by atoms with Gasteiger partial charge in [-0.1, -0.05) is 56.3 Å². The molecule has 0 bridgehead atoms. The number of nitrogens with zero attached hydrogens (tertiary/aromatic N) is 1. The van der Waals surface area contributed by atoms with Crippen molar-refractivity contribution in [2.75, 3.05) is 6.54 Å². The van der Waals surface area contributed by atoms with E-state index in [9.17, 15) is 19.5 Å². The van der Waals surface area contributed by atoms with Crippen LogP contribution in [0.25, 0.3) is 10.8 Å². The third kappa shape index (κ3) is 5.78. The van der Waals surface area contributed by atoms with Crippen LogP contribution in [0.1, 0.15) is 38.7 Å². The van der Waals surface area contributed by atoms with E-state index in [1.807, 2.05) is 56.3 Å². The largest absolute Gasteiger partial charge is 0.391 e. The minimum atomic E-state index is -0.906. The molecule has 3 atom stereocenters. The number of halogens is 1. The number of likely N-dealkylation sites (tertiary alicyclic amines) is 1. The summed E-state index contributed by atoms with van der Waals surface area (Å²) in [5.41, 5.74) is 6.45. The Kier molecular flexibility index (Phi) is 9.04. The summed E-state index contributed by atoms with van der Waals surface area (Å²) in [5.74, 6) is -1.42. The topological polar surface area (TPSA) is 113 Å². The van der Waals surface area contributed by atoms with Crippen molar-refractivity contribution in [2.24, 2.45) is 11.7 Å². The summed E-state index contributed by atoms with van der Waals surface area (Å²) in [7, 11) is 0. The second-order valence-corrected chi connectivity index (χ2v) is 8.26. The highest BCUT2D eigenvalue weighted by Crippen LogP contribution is 2.23. The molecule has 8 heteroatoms. The number of aliphatic hydroxyl groups excluding tert-OH is 1. The van der Waals surface area contributed by atoms with Crippen LogP contribution < -0.4 is 11.1 Å². The van der Waals surface area contributed by atoms with E-state index in [1.54, 1.807) is 0 Å². The van der Waals surface area contributed by atoms with E-state index >= 15 is 0 Å². The molecule has 0 radical (unpaired) electrons. The number of β-amino-alcohol motifs (C(OH)–C–C–N with tert-alkyl or cyclic N) is 1. The lowest BCUT2D eigenvalue weighted by atomic mass is 10.00. The quantitative estimate of drug-likeness (QED) is 0.559. The van der Waals surface area contributed by atoms with Crippen molar-refractivity contribution in [3.8, 4) is 0 Å². The normalized spacial score (nSPS) is 18.9. The maximum atomic E-state index is 13.0. The molecule has 3 amide bonds. The van der Waals surface area contributed by atoms with Crippen LogP contribution in [0, 0.1) is 5.92 Å². The zero-order chi connectivity index (χ0) is 22.5. The van der Waals surface area contributed by atoms with Gasteiger partial charge in [0.15, 0.2) is 0 Å². The lowest BCUT2D eigenvalue weighted by Crippen LogP contribution is -2.53. The predicted octanol–water partition coefficient (Wildman–Crippen LogP) is 2.17. The molecule has 0 saturated carbocycles. The number of fused-ring (bicyclic) bond motifs is 1. The number of rotatable bonds is 8. The highest BCUT2D eigenvalue weighted by atomic mass is 35.5. The molecule has 2 aromatic carbocycles. The lowest BCUT2D eigenvalue weighted by molar-refractivity contribution is -0.142. The van der Waals surface area contributed by atoms with Crippen LogP contribution in [0.3, 0.4) is 0 Å². The van der Waals surface area contributed by atoms with Crippen LogP contribution >= 0.6 is 12.4 Å². The first-order valence-electron chi connectivity index (χ1n) is 10.9. The Balaban J connectivity index is 0.00000363. The molecule has 0 aromatic heterocycles. The average molecular weight is 462 g/mol. The average Bonchev–Trinajstić information content (AvgIpc) is 3.15. The Bertz CT molecular complexity index is 963. The van der Waals surface area contributed by atoms with Crippen molar-refractivity contribution in [2.45, 2.75) is 57.7 Å². The van der Waals surface area contributed by atoms with Crippen LogP contribution in [0.4, 0.5) is 0 Å². The number of hydrogen-bond donors (Lipinski definition) is 3. The van der Waals surface area contributed by atoms with Gasteiger partial charge in [-0.25, -0.2) is 0 Å². The van der Waals surface area contributed by atoms with E-state index in [0.717, 1.165) is 16.3 Å². The molecule has 1 heterocycles. The highest BCUT2D eigenvalue weighted by Gasteiger charge is 2.41. The summed E-state index contributed by atoms with van der Waals surface area (Å²) in [6, 6.07) is 12.0.